The third-order valence-corrected chi connectivity index (χ3v) is 4.39. The zero-order chi connectivity index (χ0) is 14.4. The van der Waals surface area contributed by atoms with Gasteiger partial charge in [-0.25, -0.2) is 0 Å². The topological polar surface area (TPSA) is 55.6 Å². The molecule has 1 amide bonds. The van der Waals surface area contributed by atoms with E-state index in [4.69, 9.17) is 10.5 Å². The molecule has 0 aromatic heterocycles. The van der Waals surface area contributed by atoms with Crippen molar-refractivity contribution < 1.29 is 9.53 Å². The van der Waals surface area contributed by atoms with Gasteiger partial charge in [0.1, 0.15) is 12.4 Å². The number of carbonyl (C=O) groups is 1. The Hall–Kier alpha value is -1.20. The van der Waals surface area contributed by atoms with Gasteiger partial charge in [0.15, 0.2) is 0 Å². The van der Waals surface area contributed by atoms with Gasteiger partial charge < -0.3 is 10.5 Å². The molecule has 1 atom stereocenters. The number of hydrogen-bond donors (Lipinski definition) is 1. The fourth-order valence-corrected chi connectivity index (χ4v) is 2.94. The normalized spacial score (nSPS) is 19.8. The molecule has 1 aromatic carbocycles. The highest BCUT2D eigenvalue weighted by molar-refractivity contribution is 7.98. The Morgan fingerprint density at radius 3 is 2.80 bits per heavy atom. The highest BCUT2D eigenvalue weighted by atomic mass is 32.2. The van der Waals surface area contributed by atoms with Crippen LogP contribution in [-0.4, -0.2) is 42.8 Å². The maximum atomic E-state index is 11.4. The van der Waals surface area contributed by atoms with Crippen molar-refractivity contribution in [1.29, 1.82) is 0 Å². The molecule has 1 unspecified atom stereocenters. The molecule has 110 valence electrons. The van der Waals surface area contributed by atoms with E-state index in [9.17, 15) is 4.79 Å². The standard InChI is InChI=1S/C15H22N2O2S/c1-20-13-7-5-12(6-8-13)19-11-10-17-9-3-2-4-14(17)15(16)18/h5-8,14H,2-4,9-11H2,1H3,(H2,16,18). The monoisotopic (exact) mass is 294 g/mol. The van der Waals surface area contributed by atoms with E-state index in [1.807, 2.05) is 24.3 Å². The number of nitrogens with zero attached hydrogens (tertiary/aromatic N) is 1. The first-order valence-corrected chi connectivity index (χ1v) is 8.23. The maximum absolute atomic E-state index is 11.4. The first-order valence-electron chi connectivity index (χ1n) is 7.01. The fraction of sp³-hybridized carbons (Fsp3) is 0.533. The van der Waals surface area contributed by atoms with Crippen LogP contribution in [-0.2, 0) is 4.79 Å². The molecule has 1 aromatic rings. The summed E-state index contributed by atoms with van der Waals surface area (Å²) < 4.78 is 5.73. The van der Waals surface area contributed by atoms with Crippen LogP contribution in [0.1, 0.15) is 19.3 Å². The second kappa shape index (κ2) is 7.55. The van der Waals surface area contributed by atoms with Crippen molar-refractivity contribution in [3.8, 4) is 5.75 Å². The number of nitrogens with two attached hydrogens (primary N) is 1. The number of benzene rings is 1. The molecule has 1 fully saturated rings. The molecule has 4 nitrogen and oxygen atoms in total. The van der Waals surface area contributed by atoms with Gasteiger partial charge in [-0.3, -0.25) is 9.69 Å². The quantitative estimate of drug-likeness (QED) is 0.817. The second-order valence-corrected chi connectivity index (χ2v) is 5.85. The molecule has 1 saturated heterocycles. The van der Waals surface area contributed by atoms with Gasteiger partial charge in [-0.2, -0.15) is 0 Å². The molecule has 20 heavy (non-hydrogen) atoms. The van der Waals surface area contributed by atoms with Crippen LogP contribution in [0.3, 0.4) is 0 Å². The number of primary amides is 1. The number of likely N-dealkylation sites (tertiary alicyclic amines) is 1. The summed E-state index contributed by atoms with van der Waals surface area (Å²) in [6.07, 6.45) is 5.14. The van der Waals surface area contributed by atoms with E-state index >= 15 is 0 Å². The van der Waals surface area contributed by atoms with Gasteiger partial charge in [0.2, 0.25) is 5.91 Å². The van der Waals surface area contributed by atoms with Crippen LogP contribution in [0.25, 0.3) is 0 Å². The van der Waals surface area contributed by atoms with Crippen LogP contribution in [0.2, 0.25) is 0 Å². The van der Waals surface area contributed by atoms with Gasteiger partial charge in [-0.05, 0) is 49.9 Å². The Morgan fingerprint density at radius 2 is 2.15 bits per heavy atom. The summed E-state index contributed by atoms with van der Waals surface area (Å²) in [5.74, 6) is 0.657. The van der Waals surface area contributed by atoms with Crippen molar-refractivity contribution in [2.75, 3.05) is 26.0 Å². The Morgan fingerprint density at radius 1 is 1.40 bits per heavy atom. The van der Waals surface area contributed by atoms with E-state index in [1.54, 1.807) is 11.8 Å². The van der Waals surface area contributed by atoms with Gasteiger partial charge in [-0.15, -0.1) is 11.8 Å². The average Bonchev–Trinajstić information content (AvgIpc) is 2.48. The first-order chi connectivity index (χ1) is 9.70. The molecule has 1 heterocycles. The summed E-state index contributed by atoms with van der Waals surface area (Å²) in [6, 6.07) is 7.94. The number of hydrogen-bond acceptors (Lipinski definition) is 4. The molecule has 1 aliphatic heterocycles. The second-order valence-electron chi connectivity index (χ2n) is 4.97. The molecule has 2 N–H and O–H groups in total. The van der Waals surface area contributed by atoms with Crippen molar-refractivity contribution in [2.45, 2.75) is 30.2 Å². The number of amides is 1. The van der Waals surface area contributed by atoms with Crippen LogP contribution in [0.15, 0.2) is 29.2 Å². The Balaban J connectivity index is 1.80. The molecule has 0 saturated carbocycles. The van der Waals surface area contributed by atoms with Gasteiger partial charge in [0.05, 0.1) is 6.04 Å². The van der Waals surface area contributed by atoms with Crippen LogP contribution in [0.5, 0.6) is 5.75 Å². The predicted octanol–water partition coefficient (Wildman–Crippen LogP) is 2.13. The molecule has 0 bridgehead atoms. The number of piperidine rings is 1. The van der Waals surface area contributed by atoms with Crippen LogP contribution >= 0.6 is 11.8 Å². The summed E-state index contributed by atoms with van der Waals surface area (Å²) in [6.45, 7) is 2.27. The van der Waals surface area contributed by atoms with Crippen LogP contribution in [0, 0.1) is 0 Å². The third-order valence-electron chi connectivity index (χ3n) is 3.65. The SMILES string of the molecule is CSc1ccc(OCCN2CCCCC2C(N)=O)cc1. The number of carbonyl (C=O) groups excluding carboxylic acids is 1. The van der Waals surface area contributed by atoms with Crippen molar-refractivity contribution in [2.24, 2.45) is 5.73 Å². The van der Waals surface area contributed by atoms with Crippen molar-refractivity contribution in [3.63, 3.8) is 0 Å². The zero-order valence-electron chi connectivity index (χ0n) is 11.9. The Labute approximate surface area is 124 Å². The van der Waals surface area contributed by atoms with Crippen LogP contribution in [0.4, 0.5) is 0 Å². The first kappa shape index (κ1) is 15.2. The van der Waals surface area contributed by atoms with E-state index < -0.39 is 0 Å². The van der Waals surface area contributed by atoms with Gasteiger partial charge in [0, 0.05) is 11.4 Å². The largest absolute Gasteiger partial charge is 0.492 e. The average molecular weight is 294 g/mol. The molecule has 1 aliphatic rings. The fourth-order valence-electron chi connectivity index (χ4n) is 2.53. The summed E-state index contributed by atoms with van der Waals surface area (Å²) in [4.78, 5) is 14.8. The highest BCUT2D eigenvalue weighted by Gasteiger charge is 2.26. The summed E-state index contributed by atoms with van der Waals surface area (Å²) >= 11 is 1.71. The number of ether oxygens (including phenoxy) is 1. The van der Waals surface area contributed by atoms with E-state index in [1.165, 1.54) is 4.90 Å². The minimum absolute atomic E-state index is 0.119. The number of rotatable bonds is 6. The zero-order valence-corrected chi connectivity index (χ0v) is 12.7. The van der Waals surface area contributed by atoms with Crippen molar-refractivity contribution >= 4 is 17.7 Å². The van der Waals surface area contributed by atoms with E-state index in [-0.39, 0.29) is 11.9 Å². The molecular formula is C15H22N2O2S. The smallest absolute Gasteiger partial charge is 0.234 e. The third kappa shape index (κ3) is 4.15. The molecular weight excluding hydrogens is 272 g/mol. The van der Waals surface area contributed by atoms with Crippen molar-refractivity contribution in [1.82, 2.24) is 4.90 Å². The van der Waals surface area contributed by atoms with Gasteiger partial charge in [0.25, 0.3) is 0 Å². The Bertz CT molecular complexity index is 436. The van der Waals surface area contributed by atoms with E-state index in [0.717, 1.165) is 38.1 Å². The minimum Gasteiger partial charge on any atom is -0.492 e. The molecule has 5 heteroatoms. The highest BCUT2D eigenvalue weighted by Crippen LogP contribution is 2.20. The lowest BCUT2D eigenvalue weighted by molar-refractivity contribution is -0.124. The van der Waals surface area contributed by atoms with Crippen molar-refractivity contribution in [3.05, 3.63) is 24.3 Å². The van der Waals surface area contributed by atoms with E-state index in [0.29, 0.717) is 6.61 Å². The molecule has 0 aliphatic carbocycles. The Kier molecular flexibility index (Phi) is 5.73. The summed E-state index contributed by atoms with van der Waals surface area (Å²) in [7, 11) is 0. The molecule has 0 radical (unpaired) electrons. The summed E-state index contributed by atoms with van der Waals surface area (Å²) in [5, 5.41) is 0. The number of thioether (sulfide) groups is 1. The lowest BCUT2D eigenvalue weighted by Gasteiger charge is -2.33. The summed E-state index contributed by atoms with van der Waals surface area (Å²) in [5.41, 5.74) is 5.45. The van der Waals surface area contributed by atoms with E-state index in [2.05, 4.69) is 11.2 Å². The van der Waals surface area contributed by atoms with Gasteiger partial charge >= 0.3 is 0 Å². The predicted molar refractivity (Wildman–Crippen MR) is 82.1 cm³/mol. The minimum atomic E-state index is -0.214. The lowest BCUT2D eigenvalue weighted by atomic mass is 10.0. The van der Waals surface area contributed by atoms with Gasteiger partial charge in [-0.1, -0.05) is 6.42 Å². The maximum Gasteiger partial charge on any atom is 0.234 e. The lowest BCUT2D eigenvalue weighted by Crippen LogP contribution is -2.48. The molecule has 0 spiro atoms. The van der Waals surface area contributed by atoms with Crippen LogP contribution < -0.4 is 10.5 Å². The molecule has 2 rings (SSSR count).